The highest BCUT2D eigenvalue weighted by Crippen LogP contribution is 2.29. The molecule has 10 nitrogen and oxygen atoms in total. The maximum absolute atomic E-state index is 12.2. The topological polar surface area (TPSA) is 142 Å². The lowest BCUT2D eigenvalue weighted by atomic mass is 10.1. The Morgan fingerprint density at radius 2 is 1.97 bits per heavy atom. The van der Waals surface area contributed by atoms with Crippen LogP contribution in [0.2, 0.25) is 0 Å². The van der Waals surface area contributed by atoms with Gasteiger partial charge in [0.05, 0.1) is 30.9 Å². The molecule has 2 heterocycles. The number of aliphatic hydroxyl groups excluding tert-OH is 1. The van der Waals surface area contributed by atoms with Crippen LogP contribution >= 0.6 is 0 Å². The molecule has 168 valence electrons. The molecule has 0 unspecified atom stereocenters. The Morgan fingerprint density at radius 3 is 2.63 bits per heavy atom. The zero-order chi connectivity index (χ0) is 21.8. The second-order valence-electron chi connectivity index (χ2n) is 7.67. The molecule has 10 heteroatoms. The first-order chi connectivity index (χ1) is 14.6. The van der Waals surface area contributed by atoms with Crippen molar-refractivity contribution in [2.75, 3.05) is 13.2 Å². The van der Waals surface area contributed by atoms with Crippen LogP contribution in [0, 0.1) is 0 Å². The van der Waals surface area contributed by atoms with E-state index in [4.69, 9.17) is 15.0 Å². The molecule has 0 spiro atoms. The fourth-order valence-electron chi connectivity index (χ4n) is 3.60. The monoisotopic (exact) mass is 423 g/mol. The molecule has 0 aromatic carbocycles. The van der Waals surface area contributed by atoms with E-state index in [1.54, 1.807) is 0 Å². The summed E-state index contributed by atoms with van der Waals surface area (Å²) < 4.78 is 12.5. The molecule has 1 aliphatic rings. The van der Waals surface area contributed by atoms with E-state index >= 15 is 0 Å². The van der Waals surface area contributed by atoms with Gasteiger partial charge in [-0.3, -0.25) is 14.3 Å². The third kappa shape index (κ3) is 7.28. The Balaban J connectivity index is 1.83. The average molecular weight is 424 g/mol. The molecule has 30 heavy (non-hydrogen) atoms. The molecule has 1 aliphatic heterocycles. The first-order valence-corrected chi connectivity index (χ1v) is 10.8. The van der Waals surface area contributed by atoms with Gasteiger partial charge in [0.15, 0.2) is 0 Å². The largest absolute Gasteiger partial charge is 0.394 e. The number of aromatic nitrogens is 2. The summed E-state index contributed by atoms with van der Waals surface area (Å²) in [6.07, 6.45) is 9.86. The van der Waals surface area contributed by atoms with Crippen molar-refractivity contribution < 1.29 is 14.6 Å². The predicted octanol–water partition coefficient (Wildman–Crippen LogP) is 3.15. The van der Waals surface area contributed by atoms with Crippen LogP contribution in [0.4, 0.5) is 0 Å². The quantitative estimate of drug-likeness (QED) is 0.204. The fourth-order valence-corrected chi connectivity index (χ4v) is 3.60. The number of nitrogens with zero attached hydrogens (tertiary/aromatic N) is 4. The third-order valence-corrected chi connectivity index (χ3v) is 5.34. The van der Waals surface area contributed by atoms with E-state index < -0.39 is 29.6 Å². The molecule has 2 N–H and O–H groups in total. The minimum Gasteiger partial charge on any atom is -0.394 e. The van der Waals surface area contributed by atoms with Crippen LogP contribution in [-0.4, -0.2) is 40.0 Å². The summed E-state index contributed by atoms with van der Waals surface area (Å²) >= 11 is 0. The molecule has 1 fully saturated rings. The maximum atomic E-state index is 12.2. The van der Waals surface area contributed by atoms with Gasteiger partial charge in [-0.2, -0.15) is 0 Å². The summed E-state index contributed by atoms with van der Waals surface area (Å²) in [5.41, 5.74) is 7.86. The number of azide groups is 1. The van der Waals surface area contributed by atoms with Crippen molar-refractivity contribution in [1.29, 1.82) is 0 Å². The van der Waals surface area contributed by atoms with Crippen molar-refractivity contribution in [2.24, 2.45) is 5.11 Å². The van der Waals surface area contributed by atoms with Gasteiger partial charge in [-0.1, -0.05) is 57.0 Å². The Bertz CT molecular complexity index is 802. The van der Waals surface area contributed by atoms with E-state index in [2.05, 4.69) is 21.9 Å². The zero-order valence-electron chi connectivity index (χ0n) is 17.7. The second-order valence-corrected chi connectivity index (χ2v) is 7.67. The molecule has 0 radical (unpaired) electrons. The number of hydrogen-bond donors (Lipinski definition) is 2. The van der Waals surface area contributed by atoms with Crippen molar-refractivity contribution in [1.82, 2.24) is 9.55 Å². The number of nitrogens with one attached hydrogen (secondary N) is 1. The van der Waals surface area contributed by atoms with E-state index in [0.29, 0.717) is 12.2 Å². The van der Waals surface area contributed by atoms with E-state index in [9.17, 15) is 14.7 Å². The lowest BCUT2D eigenvalue weighted by molar-refractivity contribution is -0.0274. The van der Waals surface area contributed by atoms with Gasteiger partial charge in [0, 0.05) is 24.1 Å². The predicted molar refractivity (Wildman–Crippen MR) is 112 cm³/mol. The molecule has 1 aromatic heterocycles. The molecule has 0 aliphatic carbocycles. The number of hydrogen-bond acceptors (Lipinski definition) is 6. The van der Waals surface area contributed by atoms with E-state index in [1.165, 1.54) is 49.3 Å². The number of H-pyrrole nitrogens is 1. The Hall–Kier alpha value is -2.13. The van der Waals surface area contributed by atoms with Crippen LogP contribution in [0.5, 0.6) is 0 Å². The standard InChI is InChI=1S/C20H33N5O5/c1-2-3-4-5-6-7-8-9-10-29-14-15-12-25(20(28)22-19(15)27)18-11-16(23-24-21)17(13-26)30-18/h12,16-18,26H,2-11,13-14H2,1H3,(H,22,27,28)/t16-,17+,18+/m0/s1. The fraction of sp³-hybridized carbons (Fsp3) is 0.800. The molecule has 1 aromatic rings. The van der Waals surface area contributed by atoms with Crippen LogP contribution in [0.15, 0.2) is 20.9 Å². The highest BCUT2D eigenvalue weighted by molar-refractivity contribution is 5.04. The first-order valence-electron chi connectivity index (χ1n) is 10.8. The van der Waals surface area contributed by atoms with Crippen LogP contribution in [-0.2, 0) is 16.1 Å². The van der Waals surface area contributed by atoms with Gasteiger partial charge in [-0.15, -0.1) is 0 Å². The Morgan fingerprint density at radius 1 is 1.27 bits per heavy atom. The maximum Gasteiger partial charge on any atom is 0.330 e. The zero-order valence-corrected chi connectivity index (χ0v) is 17.7. The van der Waals surface area contributed by atoms with Crippen LogP contribution in [0.1, 0.15) is 76.5 Å². The van der Waals surface area contributed by atoms with E-state index in [0.717, 1.165) is 12.8 Å². The first kappa shape index (κ1) is 24.1. The Labute approximate surface area is 175 Å². The number of ether oxygens (including phenoxy) is 2. The highest BCUT2D eigenvalue weighted by atomic mass is 16.5. The molecule has 0 saturated carbocycles. The van der Waals surface area contributed by atoms with Crippen molar-refractivity contribution >= 4 is 0 Å². The van der Waals surface area contributed by atoms with Crippen LogP contribution in [0.25, 0.3) is 10.4 Å². The second kappa shape index (κ2) is 13.2. The summed E-state index contributed by atoms with van der Waals surface area (Å²) in [6, 6.07) is -0.578. The lowest BCUT2D eigenvalue weighted by Crippen LogP contribution is -2.34. The molecule has 2 rings (SSSR count). The van der Waals surface area contributed by atoms with Crippen molar-refractivity contribution in [3.05, 3.63) is 43.0 Å². The molecule has 0 amide bonds. The normalized spacial score (nSPS) is 20.9. The van der Waals surface area contributed by atoms with E-state index in [-0.39, 0.29) is 19.6 Å². The molecule has 3 atom stereocenters. The molecular weight excluding hydrogens is 390 g/mol. The van der Waals surface area contributed by atoms with Gasteiger partial charge in [-0.25, -0.2) is 4.79 Å². The number of rotatable bonds is 14. The van der Waals surface area contributed by atoms with Gasteiger partial charge in [0.2, 0.25) is 0 Å². The van der Waals surface area contributed by atoms with Gasteiger partial charge < -0.3 is 14.6 Å². The summed E-state index contributed by atoms with van der Waals surface area (Å²) in [6.45, 7) is 2.54. The summed E-state index contributed by atoms with van der Waals surface area (Å²) in [7, 11) is 0. The molecule has 0 bridgehead atoms. The van der Waals surface area contributed by atoms with Gasteiger partial charge in [0.1, 0.15) is 6.23 Å². The van der Waals surface area contributed by atoms with Crippen LogP contribution < -0.4 is 11.2 Å². The minimum absolute atomic E-state index is 0.0992. The number of aromatic amines is 1. The molecular formula is C20H33N5O5. The van der Waals surface area contributed by atoms with Gasteiger partial charge >= 0.3 is 5.69 Å². The van der Waals surface area contributed by atoms with Crippen molar-refractivity contribution in [2.45, 2.75) is 89.7 Å². The summed E-state index contributed by atoms with van der Waals surface area (Å²) in [5.74, 6) is 0. The van der Waals surface area contributed by atoms with E-state index in [1.807, 2.05) is 0 Å². The van der Waals surface area contributed by atoms with Gasteiger partial charge in [0.25, 0.3) is 5.56 Å². The lowest BCUT2D eigenvalue weighted by Gasteiger charge is -2.15. The number of aliphatic hydroxyl groups is 1. The van der Waals surface area contributed by atoms with Crippen molar-refractivity contribution in [3.63, 3.8) is 0 Å². The Kier molecular flexibility index (Phi) is 10.6. The third-order valence-electron chi connectivity index (χ3n) is 5.34. The average Bonchev–Trinajstić information content (AvgIpc) is 3.13. The highest BCUT2D eigenvalue weighted by Gasteiger charge is 2.35. The minimum atomic E-state index is -0.728. The summed E-state index contributed by atoms with van der Waals surface area (Å²) in [5, 5.41) is 13.0. The van der Waals surface area contributed by atoms with Crippen molar-refractivity contribution in [3.8, 4) is 0 Å². The SMILES string of the molecule is CCCCCCCCCCOCc1cn([C@H]2C[C@H](N=[N+]=[N-])[C@@H](CO)O2)c(=O)[nH]c1=O. The molecule has 1 saturated heterocycles. The summed E-state index contributed by atoms with van der Waals surface area (Å²) in [4.78, 5) is 29.3. The number of unbranched alkanes of at least 4 members (excludes halogenated alkanes) is 7. The van der Waals surface area contributed by atoms with Gasteiger partial charge in [-0.05, 0) is 12.0 Å². The van der Waals surface area contributed by atoms with Crippen LogP contribution in [0.3, 0.4) is 0 Å². The smallest absolute Gasteiger partial charge is 0.330 e.